The molecule has 0 rings (SSSR count). The van der Waals surface area contributed by atoms with Crippen LogP contribution in [0.25, 0.3) is 0 Å². The maximum absolute atomic E-state index is 12.0. The van der Waals surface area contributed by atoms with Crippen molar-refractivity contribution < 1.29 is 113 Å². The largest absolute Gasteiger partial charge is 1.00 e. The number of hydrogen-bond donors (Lipinski definition) is 0. The molecule has 220 valence electrons. The summed E-state index contributed by atoms with van der Waals surface area (Å²) in [5, 5.41) is 0. The van der Waals surface area contributed by atoms with Crippen molar-refractivity contribution in [2.24, 2.45) is 0 Å². The Morgan fingerprint density at radius 3 is 1.82 bits per heavy atom. The van der Waals surface area contributed by atoms with Gasteiger partial charge >= 0.3 is 71.1 Å². The fraction of sp³-hybridized carbons (Fsp3) is 0.481. The molecule has 39 heavy (non-hydrogen) atoms. The van der Waals surface area contributed by atoms with Gasteiger partial charge in [-0.3, -0.25) is 4.79 Å². The quantitative estimate of drug-likeness (QED) is 0.0535. The number of carbonyl (C=O) groups is 2. The van der Waals surface area contributed by atoms with Gasteiger partial charge in [0.25, 0.3) is 0 Å². The van der Waals surface area contributed by atoms with Crippen molar-refractivity contribution in [2.45, 2.75) is 70.8 Å². The second-order valence-corrected chi connectivity index (χ2v) is 8.23. The summed E-state index contributed by atoms with van der Waals surface area (Å²) in [5.74, 6) is 23.4. The van der Waals surface area contributed by atoms with Gasteiger partial charge in [-0.05, 0) is 65.6 Å². The van der Waals surface area contributed by atoms with Crippen molar-refractivity contribution in [1.29, 1.82) is 0 Å². The van der Waals surface area contributed by atoms with Crippen molar-refractivity contribution in [3.8, 4) is 71.5 Å². The van der Waals surface area contributed by atoms with Gasteiger partial charge in [0.2, 0.25) is 0 Å². The Morgan fingerprint density at radius 1 is 0.821 bits per heavy atom. The third-order valence-electron chi connectivity index (χ3n) is 4.09. The van der Waals surface area contributed by atoms with Gasteiger partial charge in [0, 0.05) is 28.0 Å². The van der Waals surface area contributed by atoms with Crippen molar-refractivity contribution in [2.75, 3.05) is 13.2 Å². The Balaban J connectivity index is -0.0000000673. The SMILES string of the molecule is C#CC#CC#CC#CC#CC#CC(=O)OC[C@@H](COP(=O)([O-])[O-])OC(=O)CCCCCCCCCC.S.[HH].[HH].[HH].[HH].[HH].[HH].[HH].[HH].[HH].[HH].[HH].[Na+].[Na+]. The number of carbonyl (C=O) groups excluding carboxylic acids is 2. The van der Waals surface area contributed by atoms with Crippen molar-refractivity contribution in [3.05, 3.63) is 0 Å². The van der Waals surface area contributed by atoms with E-state index in [4.69, 9.17) is 15.9 Å². The third-order valence-corrected chi connectivity index (χ3v) is 4.55. The number of ether oxygens (including phenoxy) is 2. The minimum Gasteiger partial charge on any atom is -0.790 e. The molecule has 0 aromatic rings. The van der Waals surface area contributed by atoms with E-state index in [1.165, 1.54) is 19.3 Å². The molecular formula is C27H51Na2O8PS. The maximum Gasteiger partial charge on any atom is 1.00 e. The van der Waals surface area contributed by atoms with Gasteiger partial charge in [-0.2, -0.15) is 13.5 Å². The zero-order valence-corrected chi connectivity index (χ0v) is 28.5. The Morgan fingerprint density at radius 2 is 1.31 bits per heavy atom. The van der Waals surface area contributed by atoms with E-state index in [2.05, 4.69) is 76.6 Å². The molecule has 12 heteroatoms. The van der Waals surface area contributed by atoms with Crippen LogP contribution < -0.4 is 68.9 Å². The predicted octanol–water partition coefficient (Wildman–Crippen LogP) is -1.71. The molecule has 1 atom stereocenters. The number of hydrogen-bond acceptors (Lipinski definition) is 8. The van der Waals surface area contributed by atoms with Crippen LogP contribution in [0.4, 0.5) is 0 Å². The zero-order chi connectivity index (χ0) is 26.9. The van der Waals surface area contributed by atoms with Gasteiger partial charge < -0.3 is 28.3 Å². The molecule has 0 heterocycles. The molecule has 0 aromatic heterocycles. The van der Waals surface area contributed by atoms with Crippen molar-refractivity contribution in [3.63, 3.8) is 0 Å². The topological polar surface area (TPSA) is 125 Å². The Labute approximate surface area is 299 Å². The van der Waals surface area contributed by atoms with Gasteiger partial charge in [0.15, 0.2) is 6.10 Å². The minimum absolute atomic E-state index is 0. The van der Waals surface area contributed by atoms with Crippen LogP contribution >= 0.6 is 21.3 Å². The molecule has 0 aliphatic carbocycles. The molecule has 0 aromatic carbocycles. The van der Waals surface area contributed by atoms with E-state index in [9.17, 15) is 23.9 Å². The van der Waals surface area contributed by atoms with Crippen LogP contribution in [0.15, 0.2) is 0 Å². The van der Waals surface area contributed by atoms with Gasteiger partial charge in [0.05, 0.1) is 14.4 Å². The summed E-state index contributed by atoms with van der Waals surface area (Å²) in [5.41, 5.74) is 0. The second-order valence-electron chi connectivity index (χ2n) is 7.07. The summed E-state index contributed by atoms with van der Waals surface area (Å²) in [6, 6.07) is 0. The second kappa shape index (κ2) is 31.3. The average molecular weight is 613 g/mol. The number of esters is 2. The summed E-state index contributed by atoms with van der Waals surface area (Å²) in [4.78, 5) is 45.2. The van der Waals surface area contributed by atoms with Gasteiger partial charge in [-0.1, -0.05) is 51.9 Å². The van der Waals surface area contributed by atoms with Crippen LogP contribution in [0.3, 0.4) is 0 Å². The molecule has 8 nitrogen and oxygen atoms in total. The zero-order valence-electron chi connectivity index (χ0n) is 22.6. The van der Waals surface area contributed by atoms with Crippen LogP contribution in [0.1, 0.15) is 80.4 Å². The Hall–Kier alpha value is -1.24. The molecule has 0 radical (unpaired) electrons. The molecule has 0 spiro atoms. The molecule has 0 bridgehead atoms. The molecule has 0 aliphatic heterocycles. The van der Waals surface area contributed by atoms with Crippen LogP contribution in [-0.2, 0) is 28.2 Å². The number of unbranched alkanes of at least 4 members (excludes halogenated alkanes) is 7. The first kappa shape index (κ1) is 44.8. The first-order valence-electron chi connectivity index (χ1n) is 11.3. The summed E-state index contributed by atoms with van der Waals surface area (Å²) in [6.45, 7) is 0.812. The first-order chi connectivity index (χ1) is 17.3. The minimum atomic E-state index is -5.31. The van der Waals surface area contributed by atoms with E-state index < -0.39 is 39.1 Å². The Kier molecular flexibility index (Phi) is 35.9. The molecule has 0 amide bonds. The summed E-state index contributed by atoms with van der Waals surface area (Å²) >= 11 is 0. The Bertz CT molecular complexity index is 1160. The monoisotopic (exact) mass is 612 g/mol. The van der Waals surface area contributed by atoms with Crippen LogP contribution in [-0.4, -0.2) is 31.3 Å². The molecular weight excluding hydrogens is 561 g/mol. The first-order valence-corrected chi connectivity index (χ1v) is 12.7. The van der Waals surface area contributed by atoms with Gasteiger partial charge in [0.1, 0.15) is 6.61 Å². The van der Waals surface area contributed by atoms with Crippen LogP contribution in [0.2, 0.25) is 0 Å². The van der Waals surface area contributed by atoms with E-state index in [0.717, 1.165) is 25.7 Å². The molecule has 0 saturated carbocycles. The molecule has 0 saturated heterocycles. The van der Waals surface area contributed by atoms with E-state index in [-0.39, 0.29) is 94.7 Å². The maximum atomic E-state index is 12.0. The van der Waals surface area contributed by atoms with E-state index in [0.29, 0.717) is 6.42 Å². The van der Waals surface area contributed by atoms with E-state index >= 15 is 0 Å². The van der Waals surface area contributed by atoms with Crippen molar-refractivity contribution >= 4 is 33.3 Å². The standard InChI is InChI=1S/C27H29O8P.2Na.H2S.11H2/c1-3-5-7-9-11-13-14-16-17-19-21-26(28)33-23-25(24-34-36(30,31)32)35-27(29)22-20-18-15-12-10-8-6-4-2;;;;;;;;;;;;;;/h1,25H,4,6,8,10,12,15,18,20,22-24H2,2H3,(H2,30,31,32);;;1H2;11*1H/q;2*+1;;;;;;;;;;;;/p-2/t25-;;;;;;;;;;;;;;/m0............../s1. The number of terminal acetylenes is 1. The smallest absolute Gasteiger partial charge is 0.790 e. The predicted molar refractivity (Wildman–Crippen MR) is 163 cm³/mol. The number of rotatable bonds is 15. The fourth-order valence-corrected chi connectivity index (χ4v) is 2.83. The molecule has 0 unspecified atom stereocenters. The molecule has 0 N–H and O–H groups in total. The normalized spacial score (nSPS) is 9.18. The third kappa shape index (κ3) is 34.7. The molecule has 0 aliphatic rings. The fourth-order valence-electron chi connectivity index (χ4n) is 2.48. The van der Waals surface area contributed by atoms with Crippen molar-refractivity contribution in [1.82, 2.24) is 0 Å². The molecule has 0 fully saturated rings. The summed E-state index contributed by atoms with van der Waals surface area (Å²) < 4.78 is 24.8. The van der Waals surface area contributed by atoms with Gasteiger partial charge in [-0.15, -0.1) is 6.42 Å². The summed E-state index contributed by atoms with van der Waals surface area (Å²) in [6.07, 6.45) is 12.0. The van der Waals surface area contributed by atoms with Gasteiger partial charge in [-0.25, -0.2) is 4.79 Å². The number of phosphoric acid groups is 1. The van der Waals surface area contributed by atoms with E-state index in [1.54, 1.807) is 0 Å². The van der Waals surface area contributed by atoms with Crippen LogP contribution in [0, 0.1) is 71.5 Å². The number of phosphoric ester groups is 1. The average Bonchev–Trinajstić information content (AvgIpc) is 2.83. The van der Waals surface area contributed by atoms with Crippen LogP contribution in [0.5, 0.6) is 0 Å². The summed E-state index contributed by atoms with van der Waals surface area (Å²) in [7, 11) is -5.31. The van der Waals surface area contributed by atoms with E-state index in [1.807, 2.05) is 0 Å².